The molecule has 1 aromatic carbocycles. The van der Waals surface area contributed by atoms with E-state index < -0.39 is 5.67 Å². The Morgan fingerprint density at radius 2 is 2.07 bits per heavy atom. The Balaban J connectivity index is 3.10. The molecule has 0 radical (unpaired) electrons. The summed E-state index contributed by atoms with van der Waals surface area (Å²) in [7, 11) is 1.55. The number of methoxy groups -OCH3 is 1. The van der Waals surface area contributed by atoms with Crippen LogP contribution in [0, 0.1) is 0 Å². The molecule has 0 saturated carbocycles. The maximum atomic E-state index is 13.7. The first-order chi connectivity index (χ1) is 6.99. The highest BCUT2D eigenvalue weighted by molar-refractivity contribution is 5.38. The highest BCUT2D eigenvalue weighted by atomic mass is 19.1. The summed E-state index contributed by atoms with van der Waals surface area (Å²) in [5, 5.41) is 0. The molecule has 0 amide bonds. The van der Waals surface area contributed by atoms with Crippen LogP contribution in [0.1, 0.15) is 25.0 Å². The highest BCUT2D eigenvalue weighted by Gasteiger charge is 2.20. The molecule has 2 N–H and O–H groups in total. The Morgan fingerprint density at radius 3 is 2.53 bits per heavy atom. The van der Waals surface area contributed by atoms with Crippen LogP contribution in [-0.2, 0) is 17.1 Å². The van der Waals surface area contributed by atoms with Crippen LogP contribution in [0.4, 0.5) is 4.39 Å². The van der Waals surface area contributed by atoms with Crippen molar-refractivity contribution in [2.75, 3.05) is 7.11 Å². The summed E-state index contributed by atoms with van der Waals surface area (Å²) in [6.07, 6.45) is 0. The van der Waals surface area contributed by atoms with Gasteiger partial charge in [0.1, 0.15) is 11.4 Å². The van der Waals surface area contributed by atoms with E-state index in [1.54, 1.807) is 25.3 Å². The standard InChI is InChI=1S/C11H16FNO2/c1-11(2,12)9-4-5-10(14-3)8(6-9)7-15-13/h4-6H,7,13H2,1-3H3. The number of rotatable bonds is 4. The van der Waals surface area contributed by atoms with Crippen LogP contribution in [0.3, 0.4) is 0 Å². The van der Waals surface area contributed by atoms with Gasteiger partial charge < -0.3 is 4.74 Å². The van der Waals surface area contributed by atoms with Gasteiger partial charge in [-0.2, -0.15) is 0 Å². The number of hydrogen-bond acceptors (Lipinski definition) is 3. The lowest BCUT2D eigenvalue weighted by Gasteiger charge is -2.17. The molecule has 0 atom stereocenters. The van der Waals surface area contributed by atoms with Gasteiger partial charge in [0, 0.05) is 5.56 Å². The maximum Gasteiger partial charge on any atom is 0.130 e. The molecule has 0 heterocycles. The fourth-order valence-corrected chi connectivity index (χ4v) is 1.35. The molecule has 0 bridgehead atoms. The smallest absolute Gasteiger partial charge is 0.130 e. The predicted octanol–water partition coefficient (Wildman–Crippen LogP) is 2.29. The van der Waals surface area contributed by atoms with Crippen LogP contribution in [0.15, 0.2) is 18.2 Å². The molecule has 15 heavy (non-hydrogen) atoms. The van der Waals surface area contributed by atoms with Crippen molar-refractivity contribution >= 4 is 0 Å². The van der Waals surface area contributed by atoms with Crippen LogP contribution in [0.2, 0.25) is 0 Å². The maximum absolute atomic E-state index is 13.7. The molecule has 3 nitrogen and oxygen atoms in total. The highest BCUT2D eigenvalue weighted by Crippen LogP contribution is 2.29. The minimum atomic E-state index is -1.38. The van der Waals surface area contributed by atoms with Crippen molar-refractivity contribution in [1.29, 1.82) is 0 Å². The molecular weight excluding hydrogens is 197 g/mol. The molecule has 4 heteroatoms. The van der Waals surface area contributed by atoms with Crippen molar-refractivity contribution < 1.29 is 14.0 Å². The summed E-state index contributed by atoms with van der Waals surface area (Å²) in [5.74, 6) is 5.64. The van der Waals surface area contributed by atoms with Crippen molar-refractivity contribution in [2.45, 2.75) is 26.1 Å². The Kier molecular flexibility index (Phi) is 3.66. The molecule has 0 unspecified atom stereocenters. The first-order valence-electron chi connectivity index (χ1n) is 4.67. The first kappa shape index (κ1) is 11.9. The first-order valence-corrected chi connectivity index (χ1v) is 4.67. The Morgan fingerprint density at radius 1 is 1.40 bits per heavy atom. The molecule has 84 valence electrons. The summed E-state index contributed by atoms with van der Waals surface area (Å²) < 4.78 is 18.8. The number of alkyl halides is 1. The van der Waals surface area contributed by atoms with Gasteiger partial charge in [-0.3, -0.25) is 4.84 Å². The third kappa shape index (κ3) is 2.91. The Labute approximate surface area is 88.9 Å². The molecule has 0 aromatic heterocycles. The number of hydrogen-bond donors (Lipinski definition) is 1. The van der Waals surface area contributed by atoms with Crippen molar-refractivity contribution in [1.82, 2.24) is 0 Å². The molecule has 0 spiro atoms. The van der Waals surface area contributed by atoms with Crippen LogP contribution in [0.5, 0.6) is 5.75 Å². The van der Waals surface area contributed by atoms with E-state index in [-0.39, 0.29) is 6.61 Å². The second-order valence-corrected chi connectivity index (χ2v) is 3.81. The molecule has 0 aliphatic heterocycles. The van der Waals surface area contributed by atoms with Crippen LogP contribution in [-0.4, -0.2) is 7.11 Å². The SMILES string of the molecule is COc1ccc(C(C)(C)F)cc1CON. The van der Waals surface area contributed by atoms with Crippen molar-refractivity contribution in [2.24, 2.45) is 5.90 Å². The average molecular weight is 213 g/mol. The topological polar surface area (TPSA) is 44.5 Å². The van der Waals surface area contributed by atoms with Gasteiger partial charge in [-0.15, -0.1) is 0 Å². The number of halogens is 1. The van der Waals surface area contributed by atoms with E-state index in [0.717, 1.165) is 5.56 Å². The molecule has 1 aromatic rings. The van der Waals surface area contributed by atoms with E-state index in [0.29, 0.717) is 11.3 Å². The predicted molar refractivity (Wildman–Crippen MR) is 56.1 cm³/mol. The molecule has 0 fully saturated rings. The fourth-order valence-electron chi connectivity index (χ4n) is 1.35. The summed E-state index contributed by atoms with van der Waals surface area (Å²) in [6.45, 7) is 3.21. The number of nitrogens with two attached hydrogens (primary N) is 1. The monoisotopic (exact) mass is 213 g/mol. The van der Waals surface area contributed by atoms with Gasteiger partial charge in [-0.1, -0.05) is 6.07 Å². The summed E-state index contributed by atoms with van der Waals surface area (Å²) >= 11 is 0. The summed E-state index contributed by atoms with van der Waals surface area (Å²) in [6, 6.07) is 5.11. The minimum absolute atomic E-state index is 0.201. The zero-order chi connectivity index (χ0) is 11.5. The molecule has 0 aliphatic rings. The third-order valence-electron chi connectivity index (χ3n) is 2.21. The number of ether oxygens (including phenoxy) is 1. The van der Waals surface area contributed by atoms with Gasteiger partial charge in [0.2, 0.25) is 0 Å². The quantitative estimate of drug-likeness (QED) is 0.780. The van der Waals surface area contributed by atoms with Crippen LogP contribution < -0.4 is 10.6 Å². The zero-order valence-electron chi connectivity index (χ0n) is 9.21. The largest absolute Gasteiger partial charge is 0.496 e. The lowest BCUT2D eigenvalue weighted by atomic mass is 9.98. The summed E-state index contributed by atoms with van der Waals surface area (Å²) in [5.41, 5.74) is -0.0612. The van der Waals surface area contributed by atoms with Crippen molar-refractivity contribution in [3.8, 4) is 5.75 Å². The third-order valence-corrected chi connectivity index (χ3v) is 2.21. The molecular formula is C11H16FNO2. The van der Waals surface area contributed by atoms with E-state index in [4.69, 9.17) is 10.6 Å². The van der Waals surface area contributed by atoms with Gasteiger partial charge in [0.15, 0.2) is 0 Å². The van der Waals surface area contributed by atoms with Gasteiger partial charge >= 0.3 is 0 Å². The normalized spacial score (nSPS) is 11.5. The molecule has 1 rings (SSSR count). The summed E-state index contributed by atoms with van der Waals surface area (Å²) in [4.78, 5) is 4.54. The van der Waals surface area contributed by atoms with Gasteiger partial charge in [-0.05, 0) is 31.5 Å². The van der Waals surface area contributed by atoms with Crippen LogP contribution in [0.25, 0.3) is 0 Å². The second-order valence-electron chi connectivity index (χ2n) is 3.81. The lowest BCUT2D eigenvalue weighted by Crippen LogP contribution is -2.10. The Bertz CT molecular complexity index is 334. The minimum Gasteiger partial charge on any atom is -0.496 e. The lowest BCUT2D eigenvalue weighted by molar-refractivity contribution is 0.121. The van der Waals surface area contributed by atoms with Crippen molar-refractivity contribution in [3.63, 3.8) is 0 Å². The second kappa shape index (κ2) is 4.59. The molecule has 0 aliphatic carbocycles. The van der Waals surface area contributed by atoms with Crippen LogP contribution >= 0.6 is 0 Å². The van der Waals surface area contributed by atoms with Gasteiger partial charge in [-0.25, -0.2) is 10.3 Å². The van der Waals surface area contributed by atoms with E-state index >= 15 is 0 Å². The van der Waals surface area contributed by atoms with E-state index in [1.165, 1.54) is 13.8 Å². The zero-order valence-corrected chi connectivity index (χ0v) is 9.21. The van der Waals surface area contributed by atoms with E-state index in [9.17, 15) is 4.39 Å². The Hall–Kier alpha value is -1.13. The molecule has 0 saturated heterocycles. The van der Waals surface area contributed by atoms with Crippen molar-refractivity contribution in [3.05, 3.63) is 29.3 Å². The van der Waals surface area contributed by atoms with E-state index in [2.05, 4.69) is 4.84 Å². The van der Waals surface area contributed by atoms with Gasteiger partial charge in [0.25, 0.3) is 0 Å². The fraction of sp³-hybridized carbons (Fsp3) is 0.455. The van der Waals surface area contributed by atoms with E-state index in [1.807, 2.05) is 0 Å². The number of benzene rings is 1. The average Bonchev–Trinajstić information content (AvgIpc) is 2.17. The van der Waals surface area contributed by atoms with Gasteiger partial charge in [0.05, 0.1) is 13.7 Å².